The summed E-state index contributed by atoms with van der Waals surface area (Å²) in [6, 6.07) is 20.2. The minimum atomic E-state index is -0.456. The maximum absolute atomic E-state index is 13.5. The number of hydrogen-bond acceptors (Lipinski definition) is 5. The van der Waals surface area contributed by atoms with Crippen molar-refractivity contribution in [3.63, 3.8) is 0 Å². The highest BCUT2D eigenvalue weighted by molar-refractivity contribution is 9.10. The summed E-state index contributed by atoms with van der Waals surface area (Å²) in [6.07, 6.45) is 1.11. The molecule has 0 radical (unpaired) electrons. The van der Waals surface area contributed by atoms with Crippen molar-refractivity contribution in [1.82, 2.24) is 10.0 Å². The summed E-state index contributed by atoms with van der Waals surface area (Å²) in [5.41, 5.74) is 10.5. The second kappa shape index (κ2) is 8.10. The van der Waals surface area contributed by atoms with Crippen LogP contribution in [0.2, 0.25) is 0 Å². The highest BCUT2D eigenvalue weighted by Crippen LogP contribution is 2.48. The molecule has 0 unspecified atom stereocenters. The number of allylic oxidation sites excluding steroid dienone is 3. The van der Waals surface area contributed by atoms with Crippen LogP contribution in [0.25, 0.3) is 0 Å². The number of nitrogens with two attached hydrogens (primary N) is 1. The van der Waals surface area contributed by atoms with E-state index in [2.05, 4.69) is 34.1 Å². The maximum atomic E-state index is 13.5. The Morgan fingerprint density at radius 3 is 2.43 bits per heavy atom. The molecule has 5 nitrogen and oxygen atoms in total. The van der Waals surface area contributed by atoms with Gasteiger partial charge < -0.3 is 5.73 Å². The molecule has 0 aromatic heterocycles. The predicted octanol–water partition coefficient (Wildman–Crippen LogP) is 4.42. The van der Waals surface area contributed by atoms with Crippen LogP contribution in [0.3, 0.4) is 0 Å². The summed E-state index contributed by atoms with van der Waals surface area (Å²) in [5.74, 6) is 0.0809. The third-order valence-electron chi connectivity index (χ3n) is 5.79. The fourth-order valence-electron chi connectivity index (χ4n) is 4.55. The van der Waals surface area contributed by atoms with Crippen LogP contribution in [0.15, 0.2) is 81.7 Å². The van der Waals surface area contributed by atoms with E-state index < -0.39 is 5.92 Å². The quantitative estimate of drug-likeness (QED) is 0.730. The van der Waals surface area contributed by atoms with Crippen LogP contribution in [-0.4, -0.2) is 29.9 Å². The van der Waals surface area contributed by atoms with Gasteiger partial charge in [0.15, 0.2) is 5.78 Å². The van der Waals surface area contributed by atoms with Gasteiger partial charge in [-0.2, -0.15) is 5.26 Å². The van der Waals surface area contributed by atoms with Gasteiger partial charge in [-0.1, -0.05) is 58.4 Å². The molecule has 1 heterocycles. The number of hydrazine groups is 1. The van der Waals surface area contributed by atoms with Gasteiger partial charge in [0, 0.05) is 36.3 Å². The van der Waals surface area contributed by atoms with E-state index >= 15 is 0 Å². The number of benzene rings is 2. The number of Topliss-reactive ketones (excluding diaryl/α,β-unsaturated/α-hetero) is 1. The highest BCUT2D eigenvalue weighted by atomic mass is 79.9. The summed E-state index contributed by atoms with van der Waals surface area (Å²) in [4.78, 5) is 13.5. The number of nitrogens with zero attached hydrogens (tertiary/aromatic N) is 3. The number of hydrogen-bond donors (Lipinski definition) is 1. The van der Waals surface area contributed by atoms with E-state index in [1.807, 2.05) is 66.6 Å². The van der Waals surface area contributed by atoms with Gasteiger partial charge in [-0.15, -0.1) is 0 Å². The zero-order valence-electron chi connectivity index (χ0n) is 17.0. The van der Waals surface area contributed by atoms with E-state index in [0.717, 1.165) is 21.3 Å². The first-order chi connectivity index (χ1) is 14.4. The molecule has 152 valence electrons. The number of rotatable bonds is 3. The second-order valence-corrected chi connectivity index (χ2v) is 8.77. The molecule has 0 bridgehead atoms. The first kappa shape index (κ1) is 20.4. The minimum absolute atomic E-state index is 0.0715. The van der Waals surface area contributed by atoms with Gasteiger partial charge in [0.2, 0.25) is 0 Å². The van der Waals surface area contributed by atoms with Crippen LogP contribution < -0.4 is 5.73 Å². The molecule has 2 aromatic carbocycles. The summed E-state index contributed by atoms with van der Waals surface area (Å²) in [5, 5.41) is 13.7. The van der Waals surface area contributed by atoms with Crippen molar-refractivity contribution >= 4 is 21.7 Å². The number of halogens is 1. The van der Waals surface area contributed by atoms with Crippen molar-refractivity contribution in [3.8, 4) is 6.07 Å². The Balaban J connectivity index is 1.90. The Bertz CT molecular complexity index is 1100. The van der Waals surface area contributed by atoms with Crippen LogP contribution in [0, 0.1) is 11.3 Å². The molecular weight excluding hydrogens is 440 g/mol. The molecule has 0 amide bonds. The molecule has 2 aliphatic rings. The highest BCUT2D eigenvalue weighted by Gasteiger charge is 2.43. The van der Waals surface area contributed by atoms with Crippen LogP contribution in [0.5, 0.6) is 0 Å². The lowest BCUT2D eigenvalue weighted by molar-refractivity contribution is -0.117. The zero-order valence-corrected chi connectivity index (χ0v) is 18.6. The molecule has 1 aliphatic heterocycles. The number of carbonyl (C=O) groups excluding carboxylic acids is 1. The van der Waals surface area contributed by atoms with E-state index in [1.165, 1.54) is 0 Å². The predicted molar refractivity (Wildman–Crippen MR) is 120 cm³/mol. The van der Waals surface area contributed by atoms with E-state index in [4.69, 9.17) is 5.73 Å². The standard InChI is InChI=1S/C24H23BrN4O/c1-28(2)29-20-12-17(15-7-4-3-5-8-15)13-21(30)23(20)22(19(14-26)24(29)27)16-9-6-10-18(25)11-16/h3-11,17,22H,12-13,27H2,1-2H3/t17-,22-/m1/s1. The monoisotopic (exact) mass is 462 g/mol. The number of ketones is 1. The SMILES string of the molecule is CN(C)N1C(N)=C(C#N)[C@@H](c2cccc(Br)c2)C2=C1C[C@@H](c1ccccc1)CC2=O. The van der Waals surface area contributed by atoms with Crippen LogP contribution in [0.1, 0.15) is 35.8 Å². The normalized spacial score (nSPS) is 21.7. The Morgan fingerprint density at radius 2 is 1.80 bits per heavy atom. The third kappa shape index (κ3) is 3.45. The van der Waals surface area contributed by atoms with E-state index in [9.17, 15) is 10.1 Å². The minimum Gasteiger partial charge on any atom is -0.383 e. The molecule has 30 heavy (non-hydrogen) atoms. The summed E-state index contributed by atoms with van der Waals surface area (Å²) >= 11 is 3.51. The maximum Gasteiger partial charge on any atom is 0.162 e. The van der Waals surface area contributed by atoms with Crippen molar-refractivity contribution in [2.24, 2.45) is 5.73 Å². The van der Waals surface area contributed by atoms with E-state index in [-0.39, 0.29) is 11.7 Å². The molecule has 0 spiro atoms. The lowest BCUT2D eigenvalue weighted by Crippen LogP contribution is -2.46. The van der Waals surface area contributed by atoms with Crippen molar-refractivity contribution in [2.45, 2.75) is 24.7 Å². The second-order valence-electron chi connectivity index (χ2n) is 7.86. The molecule has 6 heteroatoms. The molecule has 2 N–H and O–H groups in total. The zero-order chi connectivity index (χ0) is 21.4. The van der Waals surface area contributed by atoms with Gasteiger partial charge in [0.1, 0.15) is 5.82 Å². The van der Waals surface area contributed by atoms with Gasteiger partial charge in [-0.3, -0.25) is 9.80 Å². The Kier molecular flexibility index (Phi) is 5.50. The Hall–Kier alpha value is -2.88. The van der Waals surface area contributed by atoms with E-state index in [0.29, 0.717) is 29.8 Å². The van der Waals surface area contributed by atoms with Crippen molar-refractivity contribution in [1.29, 1.82) is 5.26 Å². The molecular formula is C24H23BrN4O. The van der Waals surface area contributed by atoms with Crippen LogP contribution in [0.4, 0.5) is 0 Å². The van der Waals surface area contributed by atoms with Crippen molar-refractivity contribution in [3.05, 3.63) is 92.9 Å². The topological polar surface area (TPSA) is 73.4 Å². The molecule has 1 aliphatic carbocycles. The van der Waals surface area contributed by atoms with Gasteiger partial charge in [0.25, 0.3) is 0 Å². The number of nitriles is 1. The van der Waals surface area contributed by atoms with E-state index in [1.54, 1.807) is 0 Å². The van der Waals surface area contributed by atoms with Crippen molar-refractivity contribution in [2.75, 3.05) is 14.1 Å². The average Bonchev–Trinajstić information content (AvgIpc) is 2.73. The molecule has 0 saturated carbocycles. The largest absolute Gasteiger partial charge is 0.383 e. The van der Waals surface area contributed by atoms with Gasteiger partial charge in [0.05, 0.1) is 17.6 Å². The Labute approximate surface area is 185 Å². The molecule has 0 fully saturated rings. The first-order valence-electron chi connectivity index (χ1n) is 9.86. The molecule has 2 aromatic rings. The molecule has 4 rings (SSSR count). The number of carbonyl (C=O) groups is 1. The van der Waals surface area contributed by atoms with Crippen LogP contribution in [-0.2, 0) is 4.79 Å². The molecule has 2 atom stereocenters. The lowest BCUT2D eigenvalue weighted by atomic mass is 9.72. The Morgan fingerprint density at radius 1 is 1.10 bits per heavy atom. The van der Waals surface area contributed by atoms with Crippen molar-refractivity contribution < 1.29 is 4.79 Å². The smallest absolute Gasteiger partial charge is 0.162 e. The fourth-order valence-corrected chi connectivity index (χ4v) is 4.97. The van der Waals surface area contributed by atoms with Gasteiger partial charge >= 0.3 is 0 Å². The van der Waals surface area contributed by atoms with Gasteiger partial charge in [-0.05, 0) is 35.6 Å². The fraction of sp³-hybridized carbons (Fsp3) is 0.250. The summed E-state index contributed by atoms with van der Waals surface area (Å²) < 4.78 is 0.901. The first-order valence-corrected chi connectivity index (χ1v) is 10.7. The summed E-state index contributed by atoms with van der Waals surface area (Å²) in [7, 11) is 3.75. The van der Waals surface area contributed by atoms with Gasteiger partial charge in [-0.25, -0.2) is 5.01 Å². The molecule has 0 saturated heterocycles. The lowest BCUT2D eigenvalue weighted by Gasteiger charge is -2.43. The summed E-state index contributed by atoms with van der Waals surface area (Å²) in [6.45, 7) is 0. The third-order valence-corrected chi connectivity index (χ3v) is 6.29. The average molecular weight is 463 g/mol. The van der Waals surface area contributed by atoms with Crippen LogP contribution >= 0.6 is 15.9 Å².